The molecular weight excluding hydrogens is 252 g/mol. The molecule has 0 atom stereocenters. The maximum Gasteiger partial charge on any atom is 0.362 e. The highest BCUT2D eigenvalue weighted by atomic mass is 16.6. The van der Waals surface area contributed by atoms with E-state index in [1.165, 1.54) is 0 Å². The molecule has 0 aliphatic rings. The number of carboxylic acid groups (broad SMARTS) is 2. The molecule has 0 aliphatic carbocycles. The molecule has 0 saturated heterocycles. The van der Waals surface area contributed by atoms with E-state index in [1.54, 1.807) is 0 Å². The molecule has 0 saturated carbocycles. The van der Waals surface area contributed by atoms with Gasteiger partial charge in [0, 0.05) is 0 Å². The monoisotopic (exact) mass is 256 g/mol. The van der Waals surface area contributed by atoms with Crippen LogP contribution < -0.4 is 10.9 Å². The number of hydrazine groups is 1. The van der Waals surface area contributed by atoms with Crippen LogP contribution in [0.25, 0.3) is 0 Å². The third-order valence-electron chi connectivity index (χ3n) is 1.68. The van der Waals surface area contributed by atoms with Crippen LogP contribution in [0.5, 0.6) is 0 Å². The van der Waals surface area contributed by atoms with Crippen molar-refractivity contribution in [3.63, 3.8) is 0 Å². The second-order valence-corrected chi connectivity index (χ2v) is 2.78. The lowest BCUT2D eigenvalue weighted by molar-refractivity contribution is 0.0674. The fourth-order valence-corrected chi connectivity index (χ4v) is 0.940. The summed E-state index contributed by atoms with van der Waals surface area (Å²) in [6.45, 7) is 0. The Kier molecular flexibility index (Phi) is 2.74. The quantitative estimate of drug-likeness (QED) is 0.494. The van der Waals surface area contributed by atoms with Gasteiger partial charge >= 0.3 is 11.9 Å². The van der Waals surface area contributed by atoms with Gasteiger partial charge in [0.2, 0.25) is 23.0 Å². The standard InChI is InChI=1S/C6H4N6O6/c13-5(14)1-3(11-17-9-1)7-8-4-2(6(15)16)10-18-12-4/h(H,7,11)(H,8,12)(H,13,14)(H,15,16). The van der Waals surface area contributed by atoms with Crippen LogP contribution in [0.15, 0.2) is 9.26 Å². The van der Waals surface area contributed by atoms with Crippen LogP contribution in [0.3, 0.4) is 0 Å². The smallest absolute Gasteiger partial charge is 0.362 e. The topological polar surface area (TPSA) is 176 Å². The van der Waals surface area contributed by atoms with E-state index in [0.29, 0.717) is 0 Å². The van der Waals surface area contributed by atoms with E-state index in [2.05, 4.69) is 40.7 Å². The number of carbonyl (C=O) groups is 2. The number of nitrogens with zero attached hydrogens (tertiary/aromatic N) is 4. The molecule has 2 aromatic rings. The molecule has 0 unspecified atom stereocenters. The van der Waals surface area contributed by atoms with Crippen LogP contribution in [-0.2, 0) is 0 Å². The number of hydrogen-bond acceptors (Lipinski definition) is 10. The maximum atomic E-state index is 10.6. The van der Waals surface area contributed by atoms with Crippen molar-refractivity contribution in [1.29, 1.82) is 0 Å². The first kappa shape index (κ1) is 11.3. The molecule has 0 spiro atoms. The Balaban J connectivity index is 2.12. The molecular formula is C6H4N6O6. The van der Waals surface area contributed by atoms with Crippen molar-refractivity contribution in [2.45, 2.75) is 0 Å². The number of aromatic carboxylic acids is 2. The maximum absolute atomic E-state index is 10.6. The first-order valence-corrected chi connectivity index (χ1v) is 4.23. The van der Waals surface area contributed by atoms with Crippen molar-refractivity contribution in [3.8, 4) is 0 Å². The summed E-state index contributed by atoms with van der Waals surface area (Å²) >= 11 is 0. The Bertz CT molecular complexity index is 537. The molecule has 2 aromatic heterocycles. The zero-order chi connectivity index (χ0) is 13.1. The average molecular weight is 256 g/mol. The van der Waals surface area contributed by atoms with E-state index >= 15 is 0 Å². The number of aromatic nitrogens is 4. The first-order valence-electron chi connectivity index (χ1n) is 4.23. The lowest BCUT2D eigenvalue weighted by Crippen LogP contribution is -2.15. The van der Waals surface area contributed by atoms with Crippen LogP contribution in [0, 0.1) is 0 Å². The van der Waals surface area contributed by atoms with Crippen molar-refractivity contribution in [2.24, 2.45) is 0 Å². The Labute approximate surface area is 96.5 Å². The van der Waals surface area contributed by atoms with Crippen molar-refractivity contribution in [3.05, 3.63) is 11.4 Å². The van der Waals surface area contributed by atoms with Gasteiger partial charge in [0.05, 0.1) is 0 Å². The van der Waals surface area contributed by atoms with Gasteiger partial charge in [-0.25, -0.2) is 18.8 Å². The molecule has 12 heteroatoms. The summed E-state index contributed by atoms with van der Waals surface area (Å²) in [6.07, 6.45) is 0. The van der Waals surface area contributed by atoms with E-state index < -0.39 is 23.3 Å². The molecule has 18 heavy (non-hydrogen) atoms. The van der Waals surface area contributed by atoms with Gasteiger partial charge in [0.1, 0.15) is 0 Å². The van der Waals surface area contributed by atoms with Crippen LogP contribution in [-0.4, -0.2) is 42.8 Å². The summed E-state index contributed by atoms with van der Waals surface area (Å²) in [4.78, 5) is 21.3. The Morgan fingerprint density at radius 3 is 1.56 bits per heavy atom. The van der Waals surface area contributed by atoms with Gasteiger partial charge in [-0.3, -0.25) is 10.9 Å². The summed E-state index contributed by atoms with van der Waals surface area (Å²) in [5.41, 5.74) is 3.52. The molecule has 0 bridgehead atoms. The second kappa shape index (κ2) is 4.36. The predicted octanol–water partition coefficient (Wildman–Crippen LogP) is -0.712. The normalized spacial score (nSPS) is 10.0. The van der Waals surface area contributed by atoms with Crippen LogP contribution in [0.4, 0.5) is 11.6 Å². The molecule has 0 fully saturated rings. The van der Waals surface area contributed by atoms with Gasteiger partial charge in [-0.15, -0.1) is 0 Å². The molecule has 94 valence electrons. The molecule has 12 nitrogen and oxygen atoms in total. The van der Waals surface area contributed by atoms with Crippen molar-refractivity contribution in [1.82, 2.24) is 20.6 Å². The van der Waals surface area contributed by atoms with E-state index in [9.17, 15) is 9.59 Å². The molecule has 2 rings (SSSR count). The highest BCUT2D eigenvalue weighted by Crippen LogP contribution is 2.12. The molecule has 0 radical (unpaired) electrons. The van der Waals surface area contributed by atoms with Gasteiger partial charge in [-0.1, -0.05) is 0 Å². The van der Waals surface area contributed by atoms with Crippen molar-refractivity contribution in [2.75, 3.05) is 10.9 Å². The first-order chi connectivity index (χ1) is 8.59. The minimum Gasteiger partial charge on any atom is -0.476 e. The van der Waals surface area contributed by atoms with E-state index in [1.807, 2.05) is 0 Å². The highest BCUT2D eigenvalue weighted by Gasteiger charge is 2.20. The lowest BCUT2D eigenvalue weighted by Gasteiger charge is -2.02. The third kappa shape index (κ3) is 2.01. The Hall–Kier alpha value is -3.18. The Morgan fingerprint density at radius 1 is 0.833 bits per heavy atom. The summed E-state index contributed by atoms with van der Waals surface area (Å²) in [6, 6.07) is 0. The zero-order valence-electron chi connectivity index (χ0n) is 8.32. The number of rotatable bonds is 5. The predicted molar refractivity (Wildman–Crippen MR) is 49.8 cm³/mol. The van der Waals surface area contributed by atoms with Crippen molar-refractivity contribution < 1.29 is 29.1 Å². The van der Waals surface area contributed by atoms with E-state index in [-0.39, 0.29) is 11.6 Å². The van der Waals surface area contributed by atoms with Crippen LogP contribution in [0.1, 0.15) is 21.0 Å². The van der Waals surface area contributed by atoms with Crippen molar-refractivity contribution >= 4 is 23.6 Å². The second-order valence-electron chi connectivity index (χ2n) is 2.78. The summed E-state index contributed by atoms with van der Waals surface area (Å²) in [5, 5.41) is 30.1. The molecule has 2 heterocycles. The lowest BCUT2D eigenvalue weighted by atomic mass is 10.4. The van der Waals surface area contributed by atoms with Gasteiger partial charge in [0.15, 0.2) is 0 Å². The van der Waals surface area contributed by atoms with Crippen LogP contribution in [0.2, 0.25) is 0 Å². The Morgan fingerprint density at radius 2 is 1.22 bits per heavy atom. The van der Waals surface area contributed by atoms with Gasteiger partial charge in [-0.2, -0.15) is 0 Å². The fourth-order valence-electron chi connectivity index (χ4n) is 0.940. The fraction of sp³-hybridized carbons (Fsp3) is 0. The largest absolute Gasteiger partial charge is 0.476 e. The minimum absolute atomic E-state index is 0.262. The number of carboxylic acids is 2. The molecule has 4 N–H and O–H groups in total. The molecule has 0 aromatic carbocycles. The number of nitrogens with one attached hydrogen (secondary N) is 2. The van der Waals surface area contributed by atoms with E-state index in [0.717, 1.165) is 0 Å². The van der Waals surface area contributed by atoms with E-state index in [4.69, 9.17) is 10.2 Å². The minimum atomic E-state index is -1.38. The molecule has 0 aliphatic heterocycles. The highest BCUT2D eigenvalue weighted by molar-refractivity contribution is 5.92. The van der Waals surface area contributed by atoms with Gasteiger partial charge in [-0.05, 0) is 20.6 Å². The van der Waals surface area contributed by atoms with Gasteiger partial charge < -0.3 is 10.2 Å². The number of anilines is 2. The summed E-state index contributed by atoms with van der Waals surface area (Å²) in [5.74, 6) is -3.28. The zero-order valence-corrected chi connectivity index (χ0v) is 8.32. The summed E-state index contributed by atoms with van der Waals surface area (Å²) in [7, 11) is 0. The SMILES string of the molecule is O=C(O)c1nonc1NNc1nonc1C(=O)O. The summed E-state index contributed by atoms with van der Waals surface area (Å²) < 4.78 is 8.39. The number of hydrogen-bond donors (Lipinski definition) is 4. The van der Waals surface area contributed by atoms with Crippen LogP contribution >= 0.6 is 0 Å². The molecule has 0 amide bonds. The third-order valence-corrected chi connectivity index (χ3v) is 1.68. The average Bonchev–Trinajstić information content (AvgIpc) is 2.94. The van der Waals surface area contributed by atoms with Gasteiger partial charge in [0.25, 0.3) is 0 Å².